The molecular formula is C19H22N6O3. The number of anilines is 3. The lowest BCUT2D eigenvalue weighted by Gasteiger charge is -2.33. The summed E-state index contributed by atoms with van der Waals surface area (Å²) in [5, 5.41) is 12.7. The van der Waals surface area contributed by atoms with E-state index in [-0.39, 0.29) is 12.6 Å². The Morgan fingerprint density at radius 1 is 1.36 bits per heavy atom. The van der Waals surface area contributed by atoms with Crippen LogP contribution in [0.3, 0.4) is 0 Å². The van der Waals surface area contributed by atoms with Crippen LogP contribution in [0.5, 0.6) is 11.5 Å². The van der Waals surface area contributed by atoms with Gasteiger partial charge in [-0.3, -0.25) is 0 Å². The van der Waals surface area contributed by atoms with Gasteiger partial charge in [0.15, 0.2) is 11.6 Å². The number of benzene rings is 1. The maximum absolute atomic E-state index is 9.47. The smallest absolute Gasteiger partial charge is 0.229 e. The number of nitrogens with one attached hydrogen (secondary N) is 1. The molecule has 0 fully saturated rings. The lowest BCUT2D eigenvalue weighted by atomic mass is 10.2. The third-order valence-corrected chi connectivity index (χ3v) is 4.69. The highest BCUT2D eigenvalue weighted by molar-refractivity contribution is 5.64. The maximum Gasteiger partial charge on any atom is 0.229 e. The van der Waals surface area contributed by atoms with Crippen molar-refractivity contribution in [1.82, 2.24) is 19.5 Å². The number of aliphatic hydroxyl groups excluding tert-OH is 1. The lowest BCUT2D eigenvalue weighted by molar-refractivity contribution is 0.189. The number of aryl methyl sites for hydroxylation is 1. The summed E-state index contributed by atoms with van der Waals surface area (Å²) in [6, 6.07) is 5.61. The second-order valence-electron chi connectivity index (χ2n) is 6.57. The second-order valence-corrected chi connectivity index (χ2v) is 6.57. The second kappa shape index (κ2) is 7.35. The molecule has 1 aliphatic heterocycles. The molecule has 0 spiro atoms. The Bertz CT molecular complexity index is 990. The topological polar surface area (TPSA) is 97.6 Å². The summed E-state index contributed by atoms with van der Waals surface area (Å²) in [4.78, 5) is 15.0. The molecule has 0 saturated heterocycles. The van der Waals surface area contributed by atoms with Crippen molar-refractivity contribution in [3.8, 4) is 17.2 Å². The molecule has 3 heterocycles. The lowest BCUT2D eigenvalue weighted by Crippen LogP contribution is -2.43. The molecule has 1 unspecified atom stereocenters. The molecule has 2 N–H and O–H groups in total. The fraction of sp³-hybridized carbons (Fsp3) is 0.316. The molecule has 1 atom stereocenters. The van der Waals surface area contributed by atoms with Gasteiger partial charge in [-0.2, -0.15) is 4.98 Å². The van der Waals surface area contributed by atoms with Crippen LogP contribution in [0, 0.1) is 6.92 Å². The van der Waals surface area contributed by atoms with Crippen molar-refractivity contribution in [3.05, 3.63) is 42.6 Å². The normalized spacial score (nSPS) is 15.7. The standard InChI is InChI=1S/C19H22N6O3/c1-12-8-25(11-21-12)15-5-4-13(6-16(15)27-3)22-19-20-7-17-18(23-19)24(2)14(9-26)10-28-17/h4-8,11,14,26H,9-10H2,1-3H3,(H,20,22,23). The molecule has 28 heavy (non-hydrogen) atoms. The Morgan fingerprint density at radius 2 is 2.21 bits per heavy atom. The van der Waals surface area contributed by atoms with Crippen LogP contribution in [0.25, 0.3) is 5.69 Å². The molecule has 9 nitrogen and oxygen atoms in total. The predicted octanol–water partition coefficient (Wildman–Crippen LogP) is 1.91. The third kappa shape index (κ3) is 3.31. The van der Waals surface area contributed by atoms with Gasteiger partial charge in [0, 0.05) is 25.0 Å². The van der Waals surface area contributed by atoms with Crippen molar-refractivity contribution in [2.45, 2.75) is 13.0 Å². The fourth-order valence-electron chi connectivity index (χ4n) is 3.07. The number of methoxy groups -OCH3 is 1. The van der Waals surface area contributed by atoms with Crippen LogP contribution in [0.15, 0.2) is 36.9 Å². The van der Waals surface area contributed by atoms with Crippen LogP contribution < -0.4 is 19.7 Å². The van der Waals surface area contributed by atoms with Gasteiger partial charge in [0.1, 0.15) is 12.4 Å². The van der Waals surface area contributed by atoms with Crippen LogP contribution in [-0.4, -0.2) is 58.0 Å². The van der Waals surface area contributed by atoms with E-state index in [1.165, 1.54) is 0 Å². The zero-order valence-electron chi connectivity index (χ0n) is 16.0. The highest BCUT2D eigenvalue weighted by Crippen LogP contribution is 2.32. The number of hydrogen-bond acceptors (Lipinski definition) is 8. The van der Waals surface area contributed by atoms with Gasteiger partial charge in [-0.15, -0.1) is 0 Å². The first-order valence-corrected chi connectivity index (χ1v) is 8.88. The number of aromatic nitrogens is 4. The van der Waals surface area contributed by atoms with E-state index in [0.29, 0.717) is 29.9 Å². The summed E-state index contributed by atoms with van der Waals surface area (Å²) in [6.07, 6.45) is 5.32. The number of aliphatic hydroxyl groups is 1. The molecule has 9 heteroatoms. The Morgan fingerprint density at radius 3 is 2.93 bits per heavy atom. The third-order valence-electron chi connectivity index (χ3n) is 4.69. The van der Waals surface area contributed by atoms with E-state index in [0.717, 1.165) is 17.1 Å². The van der Waals surface area contributed by atoms with Crippen molar-refractivity contribution >= 4 is 17.5 Å². The summed E-state index contributed by atoms with van der Waals surface area (Å²) in [5.41, 5.74) is 2.61. The first kappa shape index (κ1) is 18.1. The molecular weight excluding hydrogens is 360 g/mol. The molecule has 0 bridgehead atoms. The monoisotopic (exact) mass is 382 g/mol. The Balaban J connectivity index is 1.60. The van der Waals surface area contributed by atoms with Crippen LogP contribution in [0.1, 0.15) is 5.69 Å². The first-order chi connectivity index (χ1) is 13.6. The molecule has 3 aromatic rings. The van der Waals surface area contributed by atoms with Gasteiger partial charge >= 0.3 is 0 Å². The van der Waals surface area contributed by atoms with Crippen molar-refractivity contribution in [2.75, 3.05) is 37.6 Å². The first-order valence-electron chi connectivity index (χ1n) is 8.88. The number of nitrogens with zero attached hydrogens (tertiary/aromatic N) is 5. The van der Waals surface area contributed by atoms with Crippen LogP contribution in [-0.2, 0) is 0 Å². The summed E-state index contributed by atoms with van der Waals surface area (Å²) < 4.78 is 13.1. The zero-order chi connectivity index (χ0) is 19.7. The maximum atomic E-state index is 9.47. The van der Waals surface area contributed by atoms with E-state index >= 15 is 0 Å². The van der Waals surface area contributed by atoms with Gasteiger partial charge in [0.2, 0.25) is 5.95 Å². The minimum atomic E-state index is -0.131. The van der Waals surface area contributed by atoms with Crippen molar-refractivity contribution in [3.63, 3.8) is 0 Å². The van der Waals surface area contributed by atoms with Gasteiger partial charge in [-0.1, -0.05) is 0 Å². The van der Waals surface area contributed by atoms with E-state index in [4.69, 9.17) is 9.47 Å². The summed E-state index contributed by atoms with van der Waals surface area (Å²) in [6.45, 7) is 2.34. The van der Waals surface area contributed by atoms with E-state index in [1.807, 2.05) is 47.8 Å². The van der Waals surface area contributed by atoms with Crippen LogP contribution >= 0.6 is 0 Å². The van der Waals surface area contributed by atoms with Gasteiger partial charge in [0.25, 0.3) is 0 Å². The molecule has 0 amide bonds. The zero-order valence-corrected chi connectivity index (χ0v) is 16.0. The quantitative estimate of drug-likeness (QED) is 0.691. The minimum Gasteiger partial charge on any atom is -0.494 e. The number of likely N-dealkylation sites (N-methyl/N-ethyl adjacent to an activating group) is 1. The van der Waals surface area contributed by atoms with Crippen molar-refractivity contribution in [2.24, 2.45) is 0 Å². The van der Waals surface area contributed by atoms with Crippen molar-refractivity contribution < 1.29 is 14.6 Å². The van der Waals surface area contributed by atoms with E-state index in [9.17, 15) is 5.11 Å². The van der Waals surface area contributed by atoms with Crippen LogP contribution in [0.4, 0.5) is 17.5 Å². The molecule has 0 radical (unpaired) electrons. The molecule has 1 aliphatic rings. The van der Waals surface area contributed by atoms with Crippen LogP contribution in [0.2, 0.25) is 0 Å². The predicted molar refractivity (Wildman–Crippen MR) is 105 cm³/mol. The molecule has 1 aromatic carbocycles. The van der Waals surface area contributed by atoms with E-state index < -0.39 is 0 Å². The Kier molecular flexibility index (Phi) is 4.74. The van der Waals surface area contributed by atoms with E-state index in [1.54, 1.807) is 19.6 Å². The number of ether oxygens (including phenoxy) is 2. The highest BCUT2D eigenvalue weighted by Gasteiger charge is 2.26. The van der Waals surface area contributed by atoms with Gasteiger partial charge in [-0.25, -0.2) is 9.97 Å². The molecule has 0 aliphatic carbocycles. The highest BCUT2D eigenvalue weighted by atomic mass is 16.5. The molecule has 4 rings (SSSR count). The molecule has 146 valence electrons. The summed E-state index contributed by atoms with van der Waals surface area (Å²) >= 11 is 0. The SMILES string of the molecule is COc1cc(Nc2ncc3c(n2)N(C)C(CO)CO3)ccc1-n1cnc(C)c1. The Labute approximate surface area is 162 Å². The minimum absolute atomic E-state index is 0.00487. The summed E-state index contributed by atoms with van der Waals surface area (Å²) in [7, 11) is 3.51. The fourth-order valence-corrected chi connectivity index (χ4v) is 3.07. The molecule has 0 saturated carbocycles. The van der Waals surface area contributed by atoms with E-state index in [2.05, 4.69) is 20.3 Å². The average Bonchev–Trinajstić information content (AvgIpc) is 3.14. The number of imidazole rings is 1. The summed E-state index contributed by atoms with van der Waals surface area (Å²) in [5.74, 6) is 2.36. The molecule has 2 aromatic heterocycles. The number of rotatable bonds is 5. The van der Waals surface area contributed by atoms with Gasteiger partial charge < -0.3 is 29.4 Å². The number of fused-ring (bicyclic) bond motifs is 1. The number of hydrogen-bond donors (Lipinski definition) is 2. The average molecular weight is 382 g/mol. The largest absolute Gasteiger partial charge is 0.494 e. The van der Waals surface area contributed by atoms with Gasteiger partial charge in [-0.05, 0) is 19.1 Å². The van der Waals surface area contributed by atoms with Gasteiger partial charge in [0.05, 0.1) is 43.7 Å². The van der Waals surface area contributed by atoms with Crippen molar-refractivity contribution in [1.29, 1.82) is 0 Å². The Hall–Kier alpha value is -3.33.